The highest BCUT2D eigenvalue weighted by molar-refractivity contribution is 7.10. The second kappa shape index (κ2) is 5.52. The zero-order valence-electron chi connectivity index (χ0n) is 10.3. The summed E-state index contributed by atoms with van der Waals surface area (Å²) in [5, 5.41) is 13.9. The summed E-state index contributed by atoms with van der Waals surface area (Å²) in [5.74, 6) is -1.82. The van der Waals surface area contributed by atoms with E-state index in [9.17, 15) is 9.59 Å². The van der Waals surface area contributed by atoms with Gasteiger partial charge in [0.25, 0.3) is 0 Å². The summed E-state index contributed by atoms with van der Waals surface area (Å²) in [5.41, 5.74) is 0. The molecule has 2 N–H and O–H groups in total. The standard InChI is InChI=1S/C13H17NO3S/c1-2-10(11-4-3-7-18-11)14-12(15)8-5-6-9(8)13(16)17/h3-4,7-10H,2,5-6H2,1H3,(H,14,15)(H,16,17). The molecule has 0 radical (unpaired) electrons. The van der Waals surface area contributed by atoms with Crippen molar-refractivity contribution in [1.82, 2.24) is 5.32 Å². The molecule has 0 bridgehead atoms. The predicted molar refractivity (Wildman–Crippen MR) is 69.3 cm³/mol. The van der Waals surface area contributed by atoms with Crippen molar-refractivity contribution in [2.45, 2.75) is 32.2 Å². The molecule has 3 atom stereocenters. The van der Waals surface area contributed by atoms with Crippen LogP contribution >= 0.6 is 11.3 Å². The van der Waals surface area contributed by atoms with Crippen molar-refractivity contribution in [1.29, 1.82) is 0 Å². The fraction of sp³-hybridized carbons (Fsp3) is 0.538. The number of hydrogen-bond donors (Lipinski definition) is 2. The van der Waals surface area contributed by atoms with Crippen molar-refractivity contribution < 1.29 is 14.7 Å². The molecule has 1 fully saturated rings. The fourth-order valence-electron chi connectivity index (χ4n) is 2.25. The molecule has 1 saturated carbocycles. The number of rotatable bonds is 5. The zero-order valence-corrected chi connectivity index (χ0v) is 11.1. The minimum absolute atomic E-state index is 0.00699. The first-order valence-corrected chi connectivity index (χ1v) is 7.08. The lowest BCUT2D eigenvalue weighted by Crippen LogP contribution is -2.44. The number of carboxylic acids is 1. The van der Waals surface area contributed by atoms with Gasteiger partial charge in [0, 0.05) is 4.88 Å². The van der Waals surface area contributed by atoms with Gasteiger partial charge >= 0.3 is 5.97 Å². The summed E-state index contributed by atoms with van der Waals surface area (Å²) in [6.07, 6.45) is 2.11. The van der Waals surface area contributed by atoms with E-state index in [0.717, 1.165) is 11.3 Å². The SMILES string of the molecule is CCC(NC(=O)C1CCC1C(=O)O)c1cccs1. The Kier molecular flexibility index (Phi) is 4.01. The van der Waals surface area contributed by atoms with Crippen molar-refractivity contribution in [3.63, 3.8) is 0 Å². The van der Waals surface area contributed by atoms with Gasteiger partial charge in [-0.3, -0.25) is 9.59 Å². The van der Waals surface area contributed by atoms with E-state index in [2.05, 4.69) is 5.32 Å². The molecule has 1 aromatic rings. The van der Waals surface area contributed by atoms with E-state index in [1.54, 1.807) is 11.3 Å². The maximum Gasteiger partial charge on any atom is 0.307 e. The van der Waals surface area contributed by atoms with Gasteiger partial charge in [-0.1, -0.05) is 13.0 Å². The first-order valence-electron chi connectivity index (χ1n) is 6.20. The van der Waals surface area contributed by atoms with Gasteiger partial charge in [0.2, 0.25) is 5.91 Å². The Morgan fingerprint density at radius 1 is 1.50 bits per heavy atom. The molecule has 5 heteroatoms. The Hall–Kier alpha value is -1.36. The van der Waals surface area contributed by atoms with Crippen LogP contribution in [-0.4, -0.2) is 17.0 Å². The Morgan fingerprint density at radius 3 is 2.67 bits per heavy atom. The van der Waals surface area contributed by atoms with Crippen LogP contribution in [0.2, 0.25) is 0 Å². The highest BCUT2D eigenvalue weighted by Gasteiger charge is 2.41. The Labute approximate surface area is 110 Å². The molecule has 1 aliphatic carbocycles. The lowest BCUT2D eigenvalue weighted by molar-refractivity contribution is -0.153. The highest BCUT2D eigenvalue weighted by Crippen LogP contribution is 2.35. The van der Waals surface area contributed by atoms with Crippen LogP contribution in [0, 0.1) is 11.8 Å². The molecule has 0 aliphatic heterocycles. The van der Waals surface area contributed by atoms with Crippen LogP contribution in [-0.2, 0) is 9.59 Å². The average molecular weight is 267 g/mol. The summed E-state index contributed by atoms with van der Waals surface area (Å²) in [6.45, 7) is 2.01. The van der Waals surface area contributed by atoms with Crippen molar-refractivity contribution in [2.75, 3.05) is 0 Å². The molecular weight excluding hydrogens is 250 g/mol. The van der Waals surface area contributed by atoms with E-state index in [4.69, 9.17) is 5.11 Å². The normalized spacial score (nSPS) is 24.1. The largest absolute Gasteiger partial charge is 0.481 e. The maximum atomic E-state index is 12.0. The number of carboxylic acid groups (broad SMARTS) is 1. The summed E-state index contributed by atoms with van der Waals surface area (Å²) in [4.78, 5) is 24.1. The highest BCUT2D eigenvalue weighted by atomic mass is 32.1. The number of hydrogen-bond acceptors (Lipinski definition) is 3. The third kappa shape index (κ3) is 2.56. The van der Waals surface area contributed by atoms with Crippen LogP contribution in [0.15, 0.2) is 17.5 Å². The van der Waals surface area contributed by atoms with Crippen LogP contribution in [0.4, 0.5) is 0 Å². The van der Waals surface area contributed by atoms with Gasteiger partial charge in [-0.2, -0.15) is 0 Å². The molecular formula is C13H17NO3S. The van der Waals surface area contributed by atoms with E-state index in [1.807, 2.05) is 24.4 Å². The molecule has 98 valence electrons. The van der Waals surface area contributed by atoms with Crippen LogP contribution < -0.4 is 5.32 Å². The van der Waals surface area contributed by atoms with Gasteiger partial charge in [-0.15, -0.1) is 11.3 Å². The van der Waals surface area contributed by atoms with E-state index in [0.29, 0.717) is 12.8 Å². The summed E-state index contributed by atoms with van der Waals surface area (Å²) < 4.78 is 0. The molecule has 3 unspecified atom stereocenters. The number of carbonyl (C=O) groups is 2. The van der Waals surface area contributed by atoms with Crippen LogP contribution in [0.3, 0.4) is 0 Å². The number of carbonyl (C=O) groups excluding carboxylic acids is 1. The van der Waals surface area contributed by atoms with Gasteiger partial charge < -0.3 is 10.4 Å². The van der Waals surface area contributed by atoms with E-state index < -0.39 is 11.9 Å². The van der Waals surface area contributed by atoms with Crippen molar-refractivity contribution in [3.8, 4) is 0 Å². The average Bonchev–Trinajstić information content (AvgIpc) is 2.76. The Balaban J connectivity index is 1.96. The maximum absolute atomic E-state index is 12.0. The molecule has 0 aromatic carbocycles. The van der Waals surface area contributed by atoms with Gasteiger partial charge in [0.05, 0.1) is 17.9 Å². The molecule has 0 saturated heterocycles. The van der Waals surface area contributed by atoms with Crippen LogP contribution in [0.25, 0.3) is 0 Å². The topological polar surface area (TPSA) is 66.4 Å². The molecule has 1 aromatic heterocycles. The lowest BCUT2D eigenvalue weighted by atomic mass is 9.73. The van der Waals surface area contributed by atoms with Gasteiger partial charge in [-0.05, 0) is 30.7 Å². The number of nitrogens with one attached hydrogen (secondary N) is 1. The van der Waals surface area contributed by atoms with Crippen molar-refractivity contribution >= 4 is 23.2 Å². The molecule has 4 nitrogen and oxygen atoms in total. The van der Waals surface area contributed by atoms with E-state index >= 15 is 0 Å². The first kappa shape index (κ1) is 13.1. The predicted octanol–water partition coefficient (Wildman–Crippen LogP) is 2.43. The molecule has 18 heavy (non-hydrogen) atoms. The van der Waals surface area contributed by atoms with Gasteiger partial charge in [0.15, 0.2) is 0 Å². The van der Waals surface area contributed by atoms with E-state index in [-0.39, 0.29) is 17.9 Å². The third-order valence-electron chi connectivity index (χ3n) is 3.54. The lowest BCUT2D eigenvalue weighted by Gasteiger charge is -2.33. The molecule has 1 aliphatic rings. The Bertz CT molecular complexity index is 429. The summed E-state index contributed by atoms with van der Waals surface area (Å²) in [7, 11) is 0. The third-order valence-corrected chi connectivity index (χ3v) is 4.53. The number of aliphatic carboxylic acids is 1. The van der Waals surface area contributed by atoms with Crippen molar-refractivity contribution in [2.24, 2.45) is 11.8 Å². The van der Waals surface area contributed by atoms with Crippen molar-refractivity contribution in [3.05, 3.63) is 22.4 Å². The number of amides is 1. The first-order chi connectivity index (χ1) is 8.63. The van der Waals surface area contributed by atoms with Gasteiger partial charge in [-0.25, -0.2) is 0 Å². The summed E-state index contributed by atoms with van der Waals surface area (Å²) >= 11 is 1.61. The van der Waals surface area contributed by atoms with Crippen LogP contribution in [0.5, 0.6) is 0 Å². The molecule has 0 spiro atoms. The van der Waals surface area contributed by atoms with Gasteiger partial charge in [0.1, 0.15) is 0 Å². The van der Waals surface area contributed by atoms with Crippen LogP contribution in [0.1, 0.15) is 37.1 Å². The fourth-order valence-corrected chi connectivity index (χ4v) is 3.11. The summed E-state index contributed by atoms with van der Waals surface area (Å²) in [6, 6.07) is 3.96. The molecule has 2 rings (SSSR count). The second-order valence-corrected chi connectivity index (χ2v) is 5.59. The second-order valence-electron chi connectivity index (χ2n) is 4.61. The zero-order chi connectivity index (χ0) is 13.1. The minimum Gasteiger partial charge on any atom is -0.481 e. The monoisotopic (exact) mass is 267 g/mol. The number of thiophene rings is 1. The molecule has 1 heterocycles. The quantitative estimate of drug-likeness (QED) is 0.861. The molecule has 1 amide bonds. The minimum atomic E-state index is -0.856. The Morgan fingerprint density at radius 2 is 2.22 bits per heavy atom. The smallest absolute Gasteiger partial charge is 0.307 e. The van der Waals surface area contributed by atoms with E-state index in [1.165, 1.54) is 0 Å².